The first-order valence-electron chi connectivity index (χ1n) is 9.75. The van der Waals surface area contributed by atoms with E-state index in [0.29, 0.717) is 0 Å². The van der Waals surface area contributed by atoms with Crippen LogP contribution in [0, 0.1) is 12.7 Å². The minimum atomic E-state index is -0.590. The van der Waals surface area contributed by atoms with Crippen molar-refractivity contribution >= 4 is 11.6 Å². The molecule has 1 fully saturated rings. The fraction of sp³-hybridized carbons (Fsp3) is 0.435. The lowest BCUT2D eigenvalue weighted by atomic mass is 9.68. The third kappa shape index (κ3) is 4.32. The maximum Gasteiger partial charge on any atom is 0.235 e. The van der Waals surface area contributed by atoms with Gasteiger partial charge in [0.15, 0.2) is 0 Å². The second-order valence-corrected chi connectivity index (χ2v) is 7.75. The van der Waals surface area contributed by atoms with E-state index in [9.17, 15) is 9.18 Å². The highest BCUT2D eigenvalue weighted by Crippen LogP contribution is 2.40. The molecule has 0 saturated heterocycles. The first-order valence-corrected chi connectivity index (χ1v) is 9.75. The molecule has 2 aromatic rings. The molecule has 0 heterocycles. The predicted octanol–water partition coefficient (Wildman–Crippen LogP) is 5.76. The highest BCUT2D eigenvalue weighted by molar-refractivity contribution is 5.99. The van der Waals surface area contributed by atoms with E-state index in [1.807, 2.05) is 39.0 Å². The van der Waals surface area contributed by atoms with Gasteiger partial charge in [-0.15, -0.1) is 0 Å². The summed E-state index contributed by atoms with van der Waals surface area (Å²) in [6.07, 6.45) is 4.83. The summed E-state index contributed by atoms with van der Waals surface area (Å²) in [5.41, 5.74) is 2.06. The molecule has 0 aliphatic heterocycles. The summed E-state index contributed by atoms with van der Waals surface area (Å²) < 4.78 is 19.2. The summed E-state index contributed by atoms with van der Waals surface area (Å²) >= 11 is 0. The summed E-state index contributed by atoms with van der Waals surface area (Å²) in [7, 11) is 0. The molecular formula is C23H28FNO2. The van der Waals surface area contributed by atoms with Crippen LogP contribution >= 0.6 is 0 Å². The van der Waals surface area contributed by atoms with Crippen LogP contribution in [0.15, 0.2) is 42.5 Å². The molecule has 0 bridgehead atoms. The topological polar surface area (TPSA) is 38.3 Å². The average Bonchev–Trinajstić information content (AvgIpc) is 2.65. The van der Waals surface area contributed by atoms with Crippen LogP contribution in [0.1, 0.15) is 57.1 Å². The lowest BCUT2D eigenvalue weighted by Gasteiger charge is -2.36. The van der Waals surface area contributed by atoms with Crippen molar-refractivity contribution < 1.29 is 13.9 Å². The van der Waals surface area contributed by atoms with Crippen LogP contribution in [-0.2, 0) is 10.2 Å². The summed E-state index contributed by atoms with van der Waals surface area (Å²) in [6.45, 7) is 5.96. The van der Waals surface area contributed by atoms with Crippen molar-refractivity contribution in [2.45, 2.75) is 64.4 Å². The molecule has 4 heteroatoms. The third-order valence-electron chi connectivity index (χ3n) is 5.33. The molecule has 1 aliphatic carbocycles. The SMILES string of the molecule is Cc1cc(NC(=O)C2(c3ccc(F)cc3)CCCCC2)ccc1OC(C)C. The van der Waals surface area contributed by atoms with Gasteiger partial charge in [-0.25, -0.2) is 4.39 Å². The fourth-order valence-corrected chi connectivity index (χ4v) is 3.94. The number of hydrogen-bond donors (Lipinski definition) is 1. The van der Waals surface area contributed by atoms with Crippen LogP contribution in [0.4, 0.5) is 10.1 Å². The van der Waals surface area contributed by atoms with Crippen molar-refractivity contribution in [2.75, 3.05) is 5.32 Å². The van der Waals surface area contributed by atoms with Crippen molar-refractivity contribution in [3.8, 4) is 5.75 Å². The molecule has 2 aromatic carbocycles. The molecule has 27 heavy (non-hydrogen) atoms. The van der Waals surface area contributed by atoms with Gasteiger partial charge in [-0.1, -0.05) is 31.4 Å². The molecule has 0 radical (unpaired) electrons. The van der Waals surface area contributed by atoms with Gasteiger partial charge in [0.2, 0.25) is 5.91 Å². The Labute approximate surface area is 160 Å². The van der Waals surface area contributed by atoms with Crippen molar-refractivity contribution in [1.82, 2.24) is 0 Å². The zero-order chi connectivity index (χ0) is 19.4. The zero-order valence-corrected chi connectivity index (χ0v) is 16.3. The van der Waals surface area contributed by atoms with Gasteiger partial charge in [0.05, 0.1) is 11.5 Å². The first kappa shape index (κ1) is 19.4. The van der Waals surface area contributed by atoms with E-state index < -0.39 is 5.41 Å². The van der Waals surface area contributed by atoms with E-state index in [2.05, 4.69) is 5.32 Å². The van der Waals surface area contributed by atoms with E-state index in [4.69, 9.17) is 4.74 Å². The van der Waals surface area contributed by atoms with Crippen LogP contribution in [0.25, 0.3) is 0 Å². The Hall–Kier alpha value is -2.36. The van der Waals surface area contributed by atoms with Crippen LogP contribution in [-0.4, -0.2) is 12.0 Å². The number of nitrogens with one attached hydrogen (secondary N) is 1. The maximum absolute atomic E-state index is 13.4. The summed E-state index contributed by atoms with van der Waals surface area (Å²) in [6, 6.07) is 12.1. The predicted molar refractivity (Wildman–Crippen MR) is 107 cm³/mol. The molecule has 1 amide bonds. The molecule has 0 spiro atoms. The van der Waals surface area contributed by atoms with Gasteiger partial charge in [-0.2, -0.15) is 0 Å². The van der Waals surface area contributed by atoms with Gasteiger partial charge < -0.3 is 10.1 Å². The second kappa shape index (κ2) is 8.12. The first-order chi connectivity index (χ1) is 12.9. The Bertz CT molecular complexity index is 793. The third-order valence-corrected chi connectivity index (χ3v) is 5.33. The molecule has 1 aliphatic rings. The molecule has 1 N–H and O–H groups in total. The number of rotatable bonds is 5. The monoisotopic (exact) mass is 369 g/mol. The standard InChI is InChI=1S/C23H28FNO2/c1-16(2)27-21-12-11-20(15-17(21)3)25-22(26)23(13-5-4-6-14-23)18-7-9-19(24)10-8-18/h7-12,15-16H,4-6,13-14H2,1-3H3,(H,25,26). The van der Waals surface area contributed by atoms with E-state index >= 15 is 0 Å². The molecule has 0 atom stereocenters. The summed E-state index contributed by atoms with van der Waals surface area (Å²) in [5, 5.41) is 3.10. The Morgan fingerprint density at radius 2 is 1.74 bits per heavy atom. The quantitative estimate of drug-likeness (QED) is 0.727. The Morgan fingerprint density at radius 1 is 1.07 bits per heavy atom. The van der Waals surface area contributed by atoms with Crippen molar-refractivity contribution in [2.24, 2.45) is 0 Å². The number of aryl methyl sites for hydroxylation is 1. The normalized spacial score (nSPS) is 16.2. The van der Waals surface area contributed by atoms with Crippen LogP contribution in [0.5, 0.6) is 5.75 Å². The highest BCUT2D eigenvalue weighted by atomic mass is 19.1. The fourth-order valence-electron chi connectivity index (χ4n) is 3.94. The van der Waals surface area contributed by atoms with E-state index in [1.165, 1.54) is 12.1 Å². The number of anilines is 1. The lowest BCUT2D eigenvalue weighted by Crippen LogP contribution is -2.42. The second-order valence-electron chi connectivity index (χ2n) is 7.75. The summed E-state index contributed by atoms with van der Waals surface area (Å²) in [5.74, 6) is 0.543. The van der Waals surface area contributed by atoms with Gasteiger partial charge in [-0.05, 0) is 75.1 Å². The van der Waals surface area contributed by atoms with E-state index in [1.54, 1.807) is 12.1 Å². The minimum absolute atomic E-state index is 0.00858. The van der Waals surface area contributed by atoms with Gasteiger partial charge in [0.25, 0.3) is 0 Å². The number of ether oxygens (including phenoxy) is 1. The maximum atomic E-state index is 13.4. The van der Waals surface area contributed by atoms with Crippen LogP contribution in [0.2, 0.25) is 0 Å². The molecule has 0 aromatic heterocycles. The summed E-state index contributed by atoms with van der Waals surface area (Å²) in [4.78, 5) is 13.3. The number of carbonyl (C=O) groups is 1. The molecule has 3 rings (SSSR count). The van der Waals surface area contributed by atoms with E-state index in [0.717, 1.165) is 54.7 Å². The molecule has 144 valence electrons. The van der Waals surface area contributed by atoms with Crippen molar-refractivity contribution in [1.29, 1.82) is 0 Å². The van der Waals surface area contributed by atoms with Crippen molar-refractivity contribution in [3.05, 3.63) is 59.4 Å². The zero-order valence-electron chi connectivity index (χ0n) is 16.3. The average molecular weight is 369 g/mol. The Morgan fingerprint density at radius 3 is 2.33 bits per heavy atom. The molecule has 1 saturated carbocycles. The van der Waals surface area contributed by atoms with E-state index in [-0.39, 0.29) is 17.8 Å². The Kier molecular flexibility index (Phi) is 5.83. The van der Waals surface area contributed by atoms with Gasteiger partial charge >= 0.3 is 0 Å². The number of hydrogen-bond acceptors (Lipinski definition) is 2. The number of amides is 1. The van der Waals surface area contributed by atoms with Crippen LogP contribution < -0.4 is 10.1 Å². The van der Waals surface area contributed by atoms with Crippen LogP contribution in [0.3, 0.4) is 0 Å². The lowest BCUT2D eigenvalue weighted by molar-refractivity contribution is -0.122. The molecule has 0 unspecified atom stereocenters. The largest absolute Gasteiger partial charge is 0.491 e. The highest BCUT2D eigenvalue weighted by Gasteiger charge is 2.41. The Balaban J connectivity index is 1.85. The number of halogens is 1. The van der Waals surface area contributed by atoms with Gasteiger partial charge in [0, 0.05) is 5.69 Å². The number of benzene rings is 2. The number of carbonyl (C=O) groups excluding carboxylic acids is 1. The minimum Gasteiger partial charge on any atom is -0.491 e. The van der Waals surface area contributed by atoms with Gasteiger partial charge in [-0.3, -0.25) is 4.79 Å². The molecule has 3 nitrogen and oxygen atoms in total. The van der Waals surface area contributed by atoms with Gasteiger partial charge in [0.1, 0.15) is 11.6 Å². The van der Waals surface area contributed by atoms with Crippen molar-refractivity contribution in [3.63, 3.8) is 0 Å². The smallest absolute Gasteiger partial charge is 0.235 e. The molecular weight excluding hydrogens is 341 g/mol.